The molecule has 0 bridgehead atoms. The molecule has 0 aliphatic carbocycles. The van der Waals surface area contributed by atoms with Gasteiger partial charge in [0.25, 0.3) is 0 Å². The van der Waals surface area contributed by atoms with Crippen molar-refractivity contribution in [3.63, 3.8) is 0 Å². The normalized spacial score (nSPS) is 27.7. The van der Waals surface area contributed by atoms with Crippen molar-refractivity contribution in [2.45, 2.75) is 149 Å². The van der Waals surface area contributed by atoms with Gasteiger partial charge in [-0.2, -0.15) is 0 Å². The van der Waals surface area contributed by atoms with Gasteiger partial charge in [-0.05, 0) is 40.5 Å². The van der Waals surface area contributed by atoms with E-state index in [2.05, 4.69) is 51.3 Å². The Balaban J connectivity index is 2.81. The summed E-state index contributed by atoms with van der Waals surface area (Å²) in [5.74, 6) is 0.229. The van der Waals surface area contributed by atoms with Gasteiger partial charge in [-0.15, -0.1) is 0 Å². The van der Waals surface area contributed by atoms with Crippen LogP contribution in [-0.4, -0.2) is 45.9 Å². The summed E-state index contributed by atoms with van der Waals surface area (Å²) in [5, 5.41) is 0. The Labute approximate surface area is 170 Å². The predicted molar refractivity (Wildman–Crippen MR) is 118 cm³/mol. The average Bonchev–Trinajstić information content (AvgIpc) is 2.62. The van der Waals surface area contributed by atoms with Gasteiger partial charge in [0.2, 0.25) is 5.91 Å². The molecule has 1 amide bonds. The van der Waals surface area contributed by atoms with Gasteiger partial charge in [0, 0.05) is 37.1 Å². The topological polar surface area (TPSA) is 23.6 Å². The molecule has 1 saturated heterocycles. The molecule has 1 aliphatic heterocycles. The molecule has 0 spiro atoms. The summed E-state index contributed by atoms with van der Waals surface area (Å²) in [6, 6.07) is 2.14. The van der Waals surface area contributed by atoms with E-state index in [4.69, 9.17) is 0 Å². The molecule has 1 fully saturated rings. The van der Waals surface area contributed by atoms with Crippen LogP contribution in [0.3, 0.4) is 0 Å². The molecule has 27 heavy (non-hydrogen) atoms. The van der Waals surface area contributed by atoms with Crippen molar-refractivity contribution in [1.82, 2.24) is 9.80 Å². The molecule has 0 aromatic carbocycles. The van der Waals surface area contributed by atoms with Crippen molar-refractivity contribution in [3.05, 3.63) is 0 Å². The third-order valence-corrected chi connectivity index (χ3v) is 7.03. The van der Waals surface area contributed by atoms with Crippen LogP contribution >= 0.6 is 0 Å². The number of carbonyl (C=O) groups excluding carboxylic acids is 1. The number of piperazine rings is 1. The smallest absolute Gasteiger partial charge is 0.220 e. The lowest BCUT2D eigenvalue weighted by Crippen LogP contribution is -2.68. The van der Waals surface area contributed by atoms with E-state index in [0.717, 1.165) is 0 Å². The number of nitrogens with zero attached hydrogens (tertiary/aromatic N) is 2. The van der Waals surface area contributed by atoms with E-state index in [9.17, 15) is 4.79 Å². The highest BCUT2D eigenvalue weighted by atomic mass is 16.2. The van der Waals surface area contributed by atoms with Crippen LogP contribution in [-0.2, 0) is 4.79 Å². The average molecular weight is 381 g/mol. The number of carbonyl (C=O) groups is 1. The third kappa shape index (κ3) is 7.07. The SMILES string of the molecule is CCCCCCCC(CCCCCC)N1C(C)C(C)N(C(C)=O)C(C)C1C. The molecule has 0 aromatic heterocycles. The van der Waals surface area contributed by atoms with E-state index in [0.29, 0.717) is 30.2 Å². The van der Waals surface area contributed by atoms with E-state index >= 15 is 0 Å². The summed E-state index contributed by atoms with van der Waals surface area (Å²) in [7, 11) is 0. The molecule has 0 N–H and O–H groups in total. The molecular weight excluding hydrogens is 332 g/mol. The van der Waals surface area contributed by atoms with Crippen molar-refractivity contribution in [2.75, 3.05) is 0 Å². The molecule has 1 heterocycles. The number of amides is 1. The zero-order valence-corrected chi connectivity index (χ0v) is 19.5. The first kappa shape index (κ1) is 24.5. The molecule has 5 atom stereocenters. The summed E-state index contributed by atoms with van der Waals surface area (Å²) >= 11 is 0. The van der Waals surface area contributed by atoms with Gasteiger partial charge in [0.05, 0.1) is 0 Å². The minimum Gasteiger partial charge on any atom is -0.334 e. The molecule has 0 saturated carbocycles. The van der Waals surface area contributed by atoms with Gasteiger partial charge in [-0.25, -0.2) is 0 Å². The lowest BCUT2D eigenvalue weighted by molar-refractivity contribution is -0.145. The second-order valence-corrected chi connectivity index (χ2v) is 9.04. The van der Waals surface area contributed by atoms with Crippen LogP contribution in [0.25, 0.3) is 0 Å². The molecule has 1 rings (SSSR count). The van der Waals surface area contributed by atoms with Crippen molar-refractivity contribution >= 4 is 5.91 Å². The van der Waals surface area contributed by atoms with Crippen molar-refractivity contribution in [1.29, 1.82) is 0 Å². The maximum absolute atomic E-state index is 12.2. The third-order valence-electron chi connectivity index (χ3n) is 7.03. The van der Waals surface area contributed by atoms with E-state index in [1.165, 1.54) is 70.6 Å². The summed E-state index contributed by atoms with van der Waals surface area (Å²) < 4.78 is 0. The van der Waals surface area contributed by atoms with Gasteiger partial charge in [-0.1, -0.05) is 71.6 Å². The molecule has 160 valence electrons. The van der Waals surface area contributed by atoms with Crippen LogP contribution in [0.1, 0.15) is 119 Å². The summed E-state index contributed by atoms with van der Waals surface area (Å²) in [6.07, 6.45) is 14.8. The Kier molecular flexibility index (Phi) is 11.6. The van der Waals surface area contributed by atoms with Crippen LogP contribution in [0.15, 0.2) is 0 Å². The van der Waals surface area contributed by atoms with Gasteiger partial charge >= 0.3 is 0 Å². The Hall–Kier alpha value is -0.570. The fourth-order valence-electron chi connectivity index (χ4n) is 5.18. The van der Waals surface area contributed by atoms with Crippen LogP contribution in [0.5, 0.6) is 0 Å². The molecule has 3 nitrogen and oxygen atoms in total. The van der Waals surface area contributed by atoms with Crippen molar-refractivity contribution in [2.24, 2.45) is 0 Å². The zero-order chi connectivity index (χ0) is 20.4. The molecular formula is C24H48N2O. The lowest BCUT2D eigenvalue weighted by atomic mass is 9.89. The largest absolute Gasteiger partial charge is 0.334 e. The first-order chi connectivity index (χ1) is 12.9. The minimum absolute atomic E-state index is 0.229. The van der Waals surface area contributed by atoms with Crippen LogP contribution in [0.2, 0.25) is 0 Å². The van der Waals surface area contributed by atoms with Gasteiger partial charge in [-0.3, -0.25) is 9.69 Å². The van der Waals surface area contributed by atoms with Crippen molar-refractivity contribution < 1.29 is 4.79 Å². The highest BCUT2D eigenvalue weighted by Gasteiger charge is 2.43. The van der Waals surface area contributed by atoms with Crippen LogP contribution in [0.4, 0.5) is 0 Å². The predicted octanol–water partition coefficient (Wildman–Crippen LogP) is 6.40. The van der Waals surface area contributed by atoms with Crippen LogP contribution < -0.4 is 0 Å². The van der Waals surface area contributed by atoms with Gasteiger partial charge in [0.1, 0.15) is 0 Å². The van der Waals surface area contributed by atoms with Crippen molar-refractivity contribution in [3.8, 4) is 0 Å². The van der Waals surface area contributed by atoms with Gasteiger partial charge < -0.3 is 4.90 Å². The second kappa shape index (κ2) is 12.8. The first-order valence-electron chi connectivity index (χ1n) is 11.9. The molecule has 1 aliphatic rings. The number of hydrogen-bond donors (Lipinski definition) is 0. The highest BCUT2D eigenvalue weighted by molar-refractivity contribution is 5.74. The molecule has 0 radical (unpaired) electrons. The lowest BCUT2D eigenvalue weighted by Gasteiger charge is -2.55. The molecule has 0 aromatic rings. The number of unbranched alkanes of at least 4 members (excludes halogenated alkanes) is 7. The highest BCUT2D eigenvalue weighted by Crippen LogP contribution is 2.32. The van der Waals surface area contributed by atoms with E-state index < -0.39 is 0 Å². The van der Waals surface area contributed by atoms with E-state index in [1.54, 1.807) is 6.92 Å². The quantitative estimate of drug-likeness (QED) is 0.365. The van der Waals surface area contributed by atoms with Crippen LogP contribution in [0, 0.1) is 0 Å². The Morgan fingerprint density at radius 3 is 1.52 bits per heavy atom. The maximum Gasteiger partial charge on any atom is 0.220 e. The van der Waals surface area contributed by atoms with E-state index in [-0.39, 0.29) is 5.91 Å². The number of rotatable bonds is 12. The Morgan fingerprint density at radius 1 is 0.704 bits per heavy atom. The first-order valence-corrected chi connectivity index (χ1v) is 11.9. The standard InChI is InChI=1S/C24H48N2O/c1-8-10-12-14-16-18-24(17-15-13-11-9-2)26-21(5)19(3)25(23(7)27)20(4)22(26)6/h19-22,24H,8-18H2,1-7H3. The maximum atomic E-state index is 12.2. The van der Waals surface area contributed by atoms with E-state index in [1.807, 2.05) is 0 Å². The van der Waals surface area contributed by atoms with Gasteiger partial charge in [0.15, 0.2) is 0 Å². The fraction of sp³-hybridized carbons (Fsp3) is 0.958. The Morgan fingerprint density at radius 2 is 1.11 bits per heavy atom. The zero-order valence-electron chi connectivity index (χ0n) is 19.5. The summed E-state index contributed by atoms with van der Waals surface area (Å²) in [4.78, 5) is 17.1. The monoisotopic (exact) mass is 380 g/mol. The second-order valence-electron chi connectivity index (χ2n) is 9.04. The summed E-state index contributed by atoms with van der Waals surface area (Å²) in [6.45, 7) is 15.5. The molecule has 5 unspecified atom stereocenters. The fourth-order valence-corrected chi connectivity index (χ4v) is 5.18. The Bertz CT molecular complexity index is 395. The minimum atomic E-state index is 0.229. The number of hydrogen-bond acceptors (Lipinski definition) is 2. The molecule has 3 heteroatoms. The summed E-state index contributed by atoms with van der Waals surface area (Å²) in [5.41, 5.74) is 0.